The van der Waals surface area contributed by atoms with E-state index < -0.39 is 10.0 Å². The molecule has 0 radical (unpaired) electrons. The number of methoxy groups -OCH3 is 1. The van der Waals surface area contributed by atoms with E-state index in [-0.39, 0.29) is 35.7 Å². The van der Waals surface area contributed by atoms with Crippen LogP contribution < -0.4 is 20.1 Å². The quantitative estimate of drug-likeness (QED) is 0.513. The van der Waals surface area contributed by atoms with Crippen molar-refractivity contribution in [2.24, 2.45) is 5.92 Å². The van der Waals surface area contributed by atoms with Gasteiger partial charge in [-0.3, -0.25) is 9.59 Å². The maximum Gasteiger partial charge on any atom is 0.251 e. The van der Waals surface area contributed by atoms with Crippen LogP contribution in [0.4, 0.5) is 5.69 Å². The Morgan fingerprint density at radius 1 is 0.968 bits per heavy atom. The van der Waals surface area contributed by atoms with Crippen LogP contribution in [0.15, 0.2) is 53.4 Å². The molecular weight excluding hydrogens is 418 g/mol. The summed E-state index contributed by atoms with van der Waals surface area (Å²) in [4.78, 5) is 24.6. The standard InChI is InChI=1S/C22H27N3O5S/c1-30-19-10-12-20(13-11-19)31(28,29)24-15-14-23-21(26)17-6-8-18(9-7-17)25-22(27)16-4-2-3-5-16/h6-13,16,24H,2-5,14-15H2,1H3,(H,23,26)(H,25,27). The first-order valence-corrected chi connectivity index (χ1v) is 11.7. The van der Waals surface area contributed by atoms with Crippen molar-refractivity contribution < 1.29 is 22.7 Å². The first-order chi connectivity index (χ1) is 14.9. The molecule has 8 nitrogen and oxygen atoms in total. The lowest BCUT2D eigenvalue weighted by molar-refractivity contribution is -0.119. The second-order valence-electron chi connectivity index (χ2n) is 7.38. The summed E-state index contributed by atoms with van der Waals surface area (Å²) >= 11 is 0. The first kappa shape index (κ1) is 22.8. The van der Waals surface area contributed by atoms with Crippen molar-refractivity contribution in [1.82, 2.24) is 10.0 Å². The zero-order valence-corrected chi connectivity index (χ0v) is 18.2. The van der Waals surface area contributed by atoms with E-state index in [2.05, 4.69) is 15.4 Å². The van der Waals surface area contributed by atoms with Gasteiger partial charge in [0.25, 0.3) is 5.91 Å². The van der Waals surface area contributed by atoms with Crippen molar-refractivity contribution in [3.8, 4) is 5.75 Å². The monoisotopic (exact) mass is 445 g/mol. The van der Waals surface area contributed by atoms with Crippen molar-refractivity contribution in [3.05, 3.63) is 54.1 Å². The highest BCUT2D eigenvalue weighted by Crippen LogP contribution is 2.26. The molecular formula is C22H27N3O5S. The van der Waals surface area contributed by atoms with E-state index in [1.165, 1.54) is 19.2 Å². The maximum absolute atomic E-state index is 12.3. The van der Waals surface area contributed by atoms with Gasteiger partial charge < -0.3 is 15.4 Å². The number of amides is 2. The van der Waals surface area contributed by atoms with Crippen LogP contribution in [-0.2, 0) is 14.8 Å². The zero-order valence-electron chi connectivity index (χ0n) is 17.4. The molecule has 1 saturated carbocycles. The van der Waals surface area contributed by atoms with Crippen molar-refractivity contribution >= 4 is 27.5 Å². The summed E-state index contributed by atoms with van der Waals surface area (Å²) in [5.41, 5.74) is 1.08. The van der Waals surface area contributed by atoms with Crippen molar-refractivity contribution in [1.29, 1.82) is 0 Å². The minimum Gasteiger partial charge on any atom is -0.497 e. The Hall–Kier alpha value is -2.91. The lowest BCUT2D eigenvalue weighted by Crippen LogP contribution is -2.34. The van der Waals surface area contributed by atoms with Gasteiger partial charge in [0.2, 0.25) is 15.9 Å². The average molecular weight is 446 g/mol. The maximum atomic E-state index is 12.3. The Kier molecular flexibility index (Phi) is 7.64. The number of carbonyl (C=O) groups is 2. The molecule has 0 heterocycles. The summed E-state index contributed by atoms with van der Waals surface area (Å²) < 4.78 is 32.0. The van der Waals surface area contributed by atoms with Gasteiger partial charge in [0, 0.05) is 30.3 Å². The molecule has 0 bridgehead atoms. The van der Waals surface area contributed by atoms with E-state index in [1.807, 2.05) is 0 Å². The third-order valence-corrected chi connectivity index (χ3v) is 6.69. The van der Waals surface area contributed by atoms with E-state index in [4.69, 9.17) is 4.74 Å². The summed E-state index contributed by atoms with van der Waals surface area (Å²) in [6, 6.07) is 12.7. The largest absolute Gasteiger partial charge is 0.497 e. The normalized spacial score (nSPS) is 14.2. The molecule has 0 unspecified atom stereocenters. The predicted molar refractivity (Wildman–Crippen MR) is 118 cm³/mol. The van der Waals surface area contributed by atoms with Crippen LogP contribution in [0, 0.1) is 5.92 Å². The van der Waals surface area contributed by atoms with Gasteiger partial charge in [0.05, 0.1) is 12.0 Å². The Bertz CT molecular complexity index is 998. The van der Waals surface area contributed by atoms with Gasteiger partial charge in [-0.2, -0.15) is 0 Å². The number of nitrogens with one attached hydrogen (secondary N) is 3. The minimum absolute atomic E-state index is 0.0267. The van der Waals surface area contributed by atoms with Crippen LogP contribution in [0.1, 0.15) is 36.0 Å². The van der Waals surface area contributed by atoms with Crippen LogP contribution in [0.2, 0.25) is 0 Å². The highest BCUT2D eigenvalue weighted by molar-refractivity contribution is 7.89. The summed E-state index contributed by atoms with van der Waals surface area (Å²) in [5, 5.41) is 5.56. The van der Waals surface area contributed by atoms with Gasteiger partial charge in [0.1, 0.15) is 5.75 Å². The predicted octanol–water partition coefficient (Wildman–Crippen LogP) is 2.53. The number of anilines is 1. The first-order valence-electron chi connectivity index (χ1n) is 10.2. The minimum atomic E-state index is -3.67. The van der Waals surface area contributed by atoms with E-state index in [9.17, 15) is 18.0 Å². The molecule has 3 N–H and O–H groups in total. The number of hydrogen-bond acceptors (Lipinski definition) is 5. The number of carbonyl (C=O) groups excluding carboxylic acids is 2. The molecule has 0 spiro atoms. The Labute approximate surface area is 182 Å². The summed E-state index contributed by atoms with van der Waals surface area (Å²) in [6.07, 6.45) is 4.03. The fraction of sp³-hybridized carbons (Fsp3) is 0.364. The van der Waals surface area contributed by atoms with Gasteiger partial charge >= 0.3 is 0 Å². The molecule has 0 saturated heterocycles. The number of rotatable bonds is 9. The average Bonchev–Trinajstić information content (AvgIpc) is 3.32. The number of hydrogen-bond donors (Lipinski definition) is 3. The Balaban J connectivity index is 1.44. The van der Waals surface area contributed by atoms with Crippen LogP contribution in [0.3, 0.4) is 0 Å². The third-order valence-electron chi connectivity index (χ3n) is 5.21. The fourth-order valence-electron chi connectivity index (χ4n) is 3.44. The Morgan fingerprint density at radius 3 is 2.23 bits per heavy atom. The van der Waals surface area contributed by atoms with E-state index in [1.54, 1.807) is 36.4 Å². The van der Waals surface area contributed by atoms with Crippen molar-refractivity contribution in [3.63, 3.8) is 0 Å². The topological polar surface area (TPSA) is 114 Å². The van der Waals surface area contributed by atoms with Gasteiger partial charge in [-0.1, -0.05) is 12.8 Å². The van der Waals surface area contributed by atoms with E-state index in [0.717, 1.165) is 25.7 Å². The highest BCUT2D eigenvalue weighted by Gasteiger charge is 2.22. The van der Waals surface area contributed by atoms with Crippen LogP contribution in [-0.4, -0.2) is 40.4 Å². The SMILES string of the molecule is COc1ccc(S(=O)(=O)NCCNC(=O)c2ccc(NC(=O)C3CCCC3)cc2)cc1. The molecule has 2 amide bonds. The molecule has 31 heavy (non-hydrogen) atoms. The molecule has 2 aromatic carbocycles. The zero-order chi connectivity index (χ0) is 22.3. The van der Waals surface area contributed by atoms with Crippen LogP contribution in [0.5, 0.6) is 5.75 Å². The van der Waals surface area contributed by atoms with Gasteiger partial charge in [-0.15, -0.1) is 0 Å². The molecule has 2 aromatic rings. The van der Waals surface area contributed by atoms with Crippen LogP contribution in [0.25, 0.3) is 0 Å². The highest BCUT2D eigenvalue weighted by atomic mass is 32.2. The summed E-state index contributed by atoms with van der Waals surface area (Å²) in [7, 11) is -2.16. The van der Waals surface area contributed by atoms with Crippen LogP contribution >= 0.6 is 0 Å². The number of ether oxygens (including phenoxy) is 1. The second kappa shape index (κ2) is 10.4. The van der Waals surface area contributed by atoms with E-state index in [0.29, 0.717) is 17.0 Å². The Morgan fingerprint density at radius 2 is 1.61 bits per heavy atom. The summed E-state index contributed by atoms with van der Waals surface area (Å²) in [6.45, 7) is 0.185. The molecule has 1 aliphatic carbocycles. The van der Waals surface area contributed by atoms with Crippen molar-refractivity contribution in [2.45, 2.75) is 30.6 Å². The van der Waals surface area contributed by atoms with Gasteiger partial charge in [-0.05, 0) is 61.4 Å². The lowest BCUT2D eigenvalue weighted by atomic mass is 10.1. The third kappa shape index (κ3) is 6.28. The molecule has 3 rings (SSSR count). The smallest absolute Gasteiger partial charge is 0.251 e. The van der Waals surface area contributed by atoms with Gasteiger partial charge in [0.15, 0.2) is 0 Å². The number of sulfonamides is 1. The summed E-state index contributed by atoms with van der Waals surface area (Å²) in [5.74, 6) is 0.344. The molecule has 166 valence electrons. The molecule has 0 aromatic heterocycles. The van der Waals surface area contributed by atoms with E-state index >= 15 is 0 Å². The second-order valence-corrected chi connectivity index (χ2v) is 9.14. The fourth-order valence-corrected chi connectivity index (χ4v) is 4.47. The molecule has 0 aliphatic heterocycles. The number of benzene rings is 2. The molecule has 1 aliphatic rings. The molecule has 9 heteroatoms. The lowest BCUT2D eigenvalue weighted by Gasteiger charge is -2.11. The molecule has 1 fully saturated rings. The van der Waals surface area contributed by atoms with Gasteiger partial charge in [-0.25, -0.2) is 13.1 Å². The molecule has 0 atom stereocenters. The van der Waals surface area contributed by atoms with Crippen molar-refractivity contribution in [2.75, 3.05) is 25.5 Å².